The molecule has 2 aromatic rings. The standard InChI is InChI=1S/C13H10BrN3O3/c14-12-4-3-10(17(19)20)6-11(12)13(18)16-8-9-2-1-5-15-7-9/h1-7H,8H2,(H,16,18). The lowest BCUT2D eigenvalue weighted by molar-refractivity contribution is -0.384. The minimum Gasteiger partial charge on any atom is -0.348 e. The molecule has 1 N–H and O–H groups in total. The van der Waals surface area contributed by atoms with Gasteiger partial charge in [-0.25, -0.2) is 0 Å². The molecular weight excluding hydrogens is 326 g/mol. The number of halogens is 1. The van der Waals surface area contributed by atoms with Crippen LogP contribution in [0.3, 0.4) is 0 Å². The Kier molecular flexibility index (Phi) is 4.41. The normalized spacial score (nSPS) is 10.1. The third-order valence-electron chi connectivity index (χ3n) is 2.58. The maximum atomic E-state index is 12.0. The monoisotopic (exact) mass is 335 g/mol. The van der Waals surface area contributed by atoms with Crippen molar-refractivity contribution >= 4 is 27.5 Å². The Morgan fingerprint density at radius 1 is 1.40 bits per heavy atom. The Morgan fingerprint density at radius 2 is 2.20 bits per heavy atom. The number of amides is 1. The Morgan fingerprint density at radius 3 is 2.85 bits per heavy atom. The second kappa shape index (κ2) is 6.25. The van der Waals surface area contributed by atoms with Crippen molar-refractivity contribution in [1.82, 2.24) is 10.3 Å². The van der Waals surface area contributed by atoms with Gasteiger partial charge in [0, 0.05) is 35.5 Å². The lowest BCUT2D eigenvalue weighted by atomic mass is 10.2. The summed E-state index contributed by atoms with van der Waals surface area (Å²) in [6.07, 6.45) is 3.28. The van der Waals surface area contributed by atoms with Gasteiger partial charge in [-0.3, -0.25) is 19.9 Å². The summed E-state index contributed by atoms with van der Waals surface area (Å²) < 4.78 is 0.506. The number of carbonyl (C=O) groups is 1. The quantitative estimate of drug-likeness (QED) is 0.687. The fourth-order valence-corrected chi connectivity index (χ4v) is 2.01. The molecule has 0 unspecified atom stereocenters. The highest BCUT2D eigenvalue weighted by Crippen LogP contribution is 2.22. The van der Waals surface area contributed by atoms with Crippen LogP contribution < -0.4 is 5.32 Å². The molecule has 0 aliphatic heterocycles. The molecule has 1 aromatic carbocycles. The maximum absolute atomic E-state index is 12.0. The second-order valence-corrected chi connectivity index (χ2v) is 4.82. The van der Waals surface area contributed by atoms with Crippen molar-refractivity contribution in [3.05, 3.63) is 68.4 Å². The molecule has 6 nitrogen and oxygen atoms in total. The number of nitro groups is 1. The van der Waals surface area contributed by atoms with Crippen molar-refractivity contribution in [3.8, 4) is 0 Å². The highest BCUT2D eigenvalue weighted by atomic mass is 79.9. The summed E-state index contributed by atoms with van der Waals surface area (Å²) >= 11 is 3.21. The van der Waals surface area contributed by atoms with E-state index in [1.807, 2.05) is 6.07 Å². The van der Waals surface area contributed by atoms with Gasteiger partial charge in [0.05, 0.1) is 10.5 Å². The van der Waals surface area contributed by atoms with Crippen molar-refractivity contribution in [1.29, 1.82) is 0 Å². The van der Waals surface area contributed by atoms with E-state index in [-0.39, 0.29) is 17.2 Å². The van der Waals surface area contributed by atoms with Crippen LogP contribution in [0.1, 0.15) is 15.9 Å². The molecular formula is C13H10BrN3O3. The molecule has 2 rings (SSSR count). The molecule has 0 spiro atoms. The summed E-state index contributed by atoms with van der Waals surface area (Å²) in [5.41, 5.74) is 0.949. The predicted octanol–water partition coefficient (Wildman–Crippen LogP) is 2.68. The first-order chi connectivity index (χ1) is 9.58. The number of benzene rings is 1. The molecule has 0 saturated heterocycles. The van der Waals surface area contributed by atoms with Gasteiger partial charge in [-0.05, 0) is 33.6 Å². The summed E-state index contributed by atoms with van der Waals surface area (Å²) in [4.78, 5) is 26.1. The van der Waals surface area contributed by atoms with Crippen molar-refractivity contribution in [2.45, 2.75) is 6.54 Å². The molecule has 7 heteroatoms. The number of rotatable bonds is 4. The largest absolute Gasteiger partial charge is 0.348 e. The molecule has 0 bridgehead atoms. The van der Waals surface area contributed by atoms with Gasteiger partial charge in [0.1, 0.15) is 0 Å². The van der Waals surface area contributed by atoms with Crippen LogP contribution >= 0.6 is 15.9 Å². The molecule has 1 amide bonds. The predicted molar refractivity (Wildman–Crippen MR) is 76.2 cm³/mol. The zero-order valence-electron chi connectivity index (χ0n) is 10.2. The summed E-state index contributed by atoms with van der Waals surface area (Å²) in [5.74, 6) is -0.385. The third-order valence-corrected chi connectivity index (χ3v) is 3.27. The first-order valence-electron chi connectivity index (χ1n) is 5.69. The zero-order chi connectivity index (χ0) is 14.5. The molecule has 0 aliphatic rings. The van der Waals surface area contributed by atoms with Gasteiger partial charge in [-0.1, -0.05) is 6.07 Å². The van der Waals surface area contributed by atoms with Crippen LogP contribution in [0.5, 0.6) is 0 Å². The van der Waals surface area contributed by atoms with Crippen LogP contribution in [0.25, 0.3) is 0 Å². The fourth-order valence-electron chi connectivity index (χ4n) is 1.58. The average Bonchev–Trinajstić information content (AvgIpc) is 2.46. The van der Waals surface area contributed by atoms with Gasteiger partial charge in [-0.2, -0.15) is 0 Å². The van der Waals surface area contributed by atoms with Crippen molar-refractivity contribution in [3.63, 3.8) is 0 Å². The van der Waals surface area contributed by atoms with Crippen LogP contribution in [0.2, 0.25) is 0 Å². The molecule has 0 fully saturated rings. The smallest absolute Gasteiger partial charge is 0.270 e. The maximum Gasteiger partial charge on any atom is 0.270 e. The number of aromatic nitrogens is 1. The third kappa shape index (κ3) is 3.39. The van der Waals surface area contributed by atoms with Crippen molar-refractivity contribution in [2.75, 3.05) is 0 Å². The van der Waals surface area contributed by atoms with E-state index in [0.717, 1.165) is 5.56 Å². The minimum absolute atomic E-state index is 0.125. The van der Waals surface area contributed by atoms with E-state index in [1.54, 1.807) is 18.5 Å². The molecule has 1 heterocycles. The van der Waals surface area contributed by atoms with Crippen molar-refractivity contribution < 1.29 is 9.72 Å². The lowest BCUT2D eigenvalue weighted by Crippen LogP contribution is -2.23. The lowest BCUT2D eigenvalue weighted by Gasteiger charge is -2.06. The number of nitrogens with zero attached hydrogens (tertiary/aromatic N) is 2. The number of non-ortho nitro benzene ring substituents is 1. The fraction of sp³-hybridized carbons (Fsp3) is 0.0769. The number of hydrogen-bond acceptors (Lipinski definition) is 4. The molecule has 0 saturated carbocycles. The van der Waals surface area contributed by atoms with E-state index in [1.165, 1.54) is 18.2 Å². The van der Waals surface area contributed by atoms with Crippen molar-refractivity contribution in [2.24, 2.45) is 0 Å². The number of hydrogen-bond donors (Lipinski definition) is 1. The van der Waals surface area contributed by atoms with Gasteiger partial charge in [0.2, 0.25) is 0 Å². The van der Waals surface area contributed by atoms with E-state index in [9.17, 15) is 14.9 Å². The first kappa shape index (κ1) is 14.1. The average molecular weight is 336 g/mol. The summed E-state index contributed by atoms with van der Waals surface area (Å²) in [5, 5.41) is 13.4. The molecule has 20 heavy (non-hydrogen) atoms. The van der Waals surface area contributed by atoms with Crippen LogP contribution in [0, 0.1) is 10.1 Å². The van der Waals surface area contributed by atoms with E-state index in [4.69, 9.17) is 0 Å². The molecule has 1 aromatic heterocycles. The van der Waals surface area contributed by atoms with E-state index >= 15 is 0 Å². The Labute approximate surface area is 123 Å². The highest BCUT2D eigenvalue weighted by Gasteiger charge is 2.15. The Balaban J connectivity index is 2.13. The Bertz CT molecular complexity index is 647. The van der Waals surface area contributed by atoms with Crippen LogP contribution in [0.15, 0.2) is 47.2 Å². The van der Waals surface area contributed by atoms with E-state index < -0.39 is 4.92 Å². The molecule has 0 atom stereocenters. The van der Waals surface area contributed by atoms with Crippen LogP contribution in [0.4, 0.5) is 5.69 Å². The van der Waals surface area contributed by atoms with Crippen LogP contribution in [-0.2, 0) is 6.54 Å². The van der Waals surface area contributed by atoms with E-state index in [2.05, 4.69) is 26.2 Å². The summed E-state index contributed by atoms with van der Waals surface area (Å²) in [6, 6.07) is 7.66. The number of pyridine rings is 1. The zero-order valence-corrected chi connectivity index (χ0v) is 11.8. The summed E-state index contributed by atoms with van der Waals surface area (Å²) in [6.45, 7) is 0.307. The van der Waals surface area contributed by atoms with Crippen LogP contribution in [-0.4, -0.2) is 15.8 Å². The molecule has 0 aliphatic carbocycles. The van der Waals surface area contributed by atoms with Gasteiger partial charge in [0.15, 0.2) is 0 Å². The van der Waals surface area contributed by atoms with Gasteiger partial charge in [-0.15, -0.1) is 0 Å². The van der Waals surface area contributed by atoms with E-state index in [0.29, 0.717) is 11.0 Å². The highest BCUT2D eigenvalue weighted by molar-refractivity contribution is 9.10. The Hall–Kier alpha value is -2.28. The topological polar surface area (TPSA) is 85.1 Å². The van der Waals surface area contributed by atoms with Gasteiger partial charge < -0.3 is 5.32 Å². The summed E-state index contributed by atoms with van der Waals surface area (Å²) in [7, 11) is 0. The number of nitro benzene ring substituents is 1. The van der Waals surface area contributed by atoms with Gasteiger partial charge >= 0.3 is 0 Å². The number of nitrogens with one attached hydrogen (secondary N) is 1. The molecule has 102 valence electrons. The van der Waals surface area contributed by atoms with Gasteiger partial charge in [0.25, 0.3) is 11.6 Å². The first-order valence-corrected chi connectivity index (χ1v) is 6.48. The second-order valence-electron chi connectivity index (χ2n) is 3.97. The SMILES string of the molecule is O=C(NCc1cccnc1)c1cc([N+](=O)[O-])ccc1Br. The minimum atomic E-state index is -0.537. The molecule has 0 radical (unpaired) electrons. The number of carbonyl (C=O) groups excluding carboxylic acids is 1.